The predicted molar refractivity (Wildman–Crippen MR) is 78.8 cm³/mol. The summed E-state index contributed by atoms with van der Waals surface area (Å²) in [6.07, 6.45) is 10.3. The molecule has 0 aromatic rings. The van der Waals surface area contributed by atoms with E-state index in [0.717, 1.165) is 25.3 Å². The smallest absolute Gasteiger partial charge is 0.109 e. The average molecular weight is 263 g/mol. The largest absolute Gasteiger partial charge is 0.306 e. The summed E-state index contributed by atoms with van der Waals surface area (Å²) in [5, 5.41) is 12.8. The zero-order valence-electron chi connectivity index (χ0n) is 12.6. The third kappa shape index (κ3) is 3.49. The van der Waals surface area contributed by atoms with Crippen molar-refractivity contribution in [3.63, 3.8) is 0 Å². The maximum atomic E-state index is 9.46. The summed E-state index contributed by atoms with van der Waals surface area (Å²) in [6.45, 7) is 2.40. The van der Waals surface area contributed by atoms with E-state index in [9.17, 15) is 5.26 Å². The minimum atomic E-state index is -0.242. The van der Waals surface area contributed by atoms with Crippen molar-refractivity contribution in [3.8, 4) is 6.07 Å². The van der Waals surface area contributed by atoms with Crippen LogP contribution in [0, 0.1) is 23.2 Å². The zero-order chi connectivity index (χ0) is 13.7. The highest BCUT2D eigenvalue weighted by Crippen LogP contribution is 2.37. The number of nitrogens with zero attached hydrogens (tertiary/aromatic N) is 2. The van der Waals surface area contributed by atoms with E-state index in [1.54, 1.807) is 0 Å². The summed E-state index contributed by atoms with van der Waals surface area (Å²) in [4.78, 5) is 2.49. The second-order valence-electron chi connectivity index (χ2n) is 6.62. The first-order chi connectivity index (χ1) is 9.20. The van der Waals surface area contributed by atoms with Crippen molar-refractivity contribution in [2.24, 2.45) is 11.8 Å². The van der Waals surface area contributed by atoms with Crippen LogP contribution in [0.1, 0.15) is 51.4 Å². The molecule has 2 fully saturated rings. The minimum Gasteiger partial charge on any atom is -0.306 e. The van der Waals surface area contributed by atoms with E-state index >= 15 is 0 Å². The van der Waals surface area contributed by atoms with Crippen LogP contribution >= 0.6 is 0 Å². The van der Waals surface area contributed by atoms with Gasteiger partial charge in [0.25, 0.3) is 0 Å². The van der Waals surface area contributed by atoms with Crippen LogP contribution in [0.15, 0.2) is 0 Å². The van der Waals surface area contributed by atoms with Crippen LogP contribution in [0.5, 0.6) is 0 Å². The molecule has 0 radical (unpaired) electrons. The van der Waals surface area contributed by atoms with Gasteiger partial charge in [0.05, 0.1) is 6.07 Å². The predicted octanol–water partition coefficient (Wildman–Crippen LogP) is 2.78. The molecule has 1 N–H and O–H groups in total. The Morgan fingerprint density at radius 3 is 2.63 bits per heavy atom. The molecule has 0 heterocycles. The van der Waals surface area contributed by atoms with Gasteiger partial charge in [-0.05, 0) is 64.6 Å². The Morgan fingerprint density at radius 2 is 2.00 bits per heavy atom. The first-order valence-electron chi connectivity index (χ1n) is 7.99. The number of nitrogens with one attached hydrogen (secondary N) is 1. The first-order valence-corrected chi connectivity index (χ1v) is 7.99. The Morgan fingerprint density at radius 1 is 1.26 bits per heavy atom. The van der Waals surface area contributed by atoms with Gasteiger partial charge in [-0.25, -0.2) is 0 Å². The Kier molecular flexibility index (Phi) is 5.24. The molecule has 2 aliphatic carbocycles. The lowest BCUT2D eigenvalue weighted by atomic mass is 9.86. The summed E-state index contributed by atoms with van der Waals surface area (Å²) >= 11 is 0. The summed E-state index contributed by atoms with van der Waals surface area (Å²) < 4.78 is 0. The van der Waals surface area contributed by atoms with Gasteiger partial charge in [0, 0.05) is 6.54 Å². The molecular formula is C16H29N3. The van der Waals surface area contributed by atoms with Crippen LogP contribution in [0.25, 0.3) is 0 Å². The maximum Gasteiger partial charge on any atom is 0.109 e. The molecule has 2 unspecified atom stereocenters. The minimum absolute atomic E-state index is 0.242. The van der Waals surface area contributed by atoms with Crippen molar-refractivity contribution in [1.82, 2.24) is 10.2 Å². The van der Waals surface area contributed by atoms with E-state index in [-0.39, 0.29) is 5.54 Å². The summed E-state index contributed by atoms with van der Waals surface area (Å²) in [6, 6.07) is 2.54. The highest BCUT2D eigenvalue weighted by atomic mass is 15.1. The van der Waals surface area contributed by atoms with Crippen LogP contribution in [0.4, 0.5) is 0 Å². The molecular weight excluding hydrogens is 234 g/mol. The maximum absolute atomic E-state index is 9.46. The van der Waals surface area contributed by atoms with E-state index in [2.05, 4.69) is 23.3 Å². The molecule has 0 aliphatic heterocycles. The first kappa shape index (κ1) is 14.8. The molecule has 0 bridgehead atoms. The van der Waals surface area contributed by atoms with Gasteiger partial charge < -0.3 is 10.2 Å². The van der Waals surface area contributed by atoms with Crippen molar-refractivity contribution in [1.29, 1.82) is 5.26 Å². The molecule has 0 saturated heterocycles. The van der Waals surface area contributed by atoms with Gasteiger partial charge >= 0.3 is 0 Å². The second kappa shape index (κ2) is 6.72. The zero-order valence-corrected chi connectivity index (χ0v) is 12.6. The van der Waals surface area contributed by atoms with Crippen LogP contribution in [0.3, 0.4) is 0 Å². The average Bonchev–Trinajstić information content (AvgIpc) is 3.05. The van der Waals surface area contributed by atoms with Crippen molar-refractivity contribution in [2.75, 3.05) is 27.2 Å². The van der Waals surface area contributed by atoms with Crippen molar-refractivity contribution in [2.45, 2.75) is 56.9 Å². The quantitative estimate of drug-likeness (QED) is 0.801. The lowest BCUT2D eigenvalue weighted by Crippen LogP contribution is -2.45. The van der Waals surface area contributed by atoms with E-state index in [1.807, 2.05) is 7.05 Å². The van der Waals surface area contributed by atoms with Gasteiger partial charge in [-0.15, -0.1) is 0 Å². The SMILES string of the molecule is CNC1(C#N)CCCC1CCN(C)CC1CCCC1. The Bertz CT molecular complexity index is 316. The third-order valence-electron chi connectivity index (χ3n) is 5.37. The standard InChI is InChI=1S/C16H29N3/c1-18-16(13-17)10-5-8-15(16)9-11-19(2)12-14-6-3-4-7-14/h14-15,18H,3-12H2,1-2H3. The van der Waals surface area contributed by atoms with Gasteiger partial charge in [0.1, 0.15) is 5.54 Å². The normalized spacial score (nSPS) is 32.0. The Hall–Kier alpha value is -0.590. The highest BCUT2D eigenvalue weighted by molar-refractivity contribution is 5.13. The number of nitriles is 1. The lowest BCUT2D eigenvalue weighted by molar-refractivity contribution is 0.233. The third-order valence-corrected chi connectivity index (χ3v) is 5.37. The van der Waals surface area contributed by atoms with Crippen LogP contribution in [-0.4, -0.2) is 37.6 Å². The summed E-state index contributed by atoms with van der Waals surface area (Å²) in [5.74, 6) is 1.46. The molecule has 2 rings (SSSR count). The molecule has 2 saturated carbocycles. The van der Waals surface area contributed by atoms with Gasteiger partial charge in [-0.2, -0.15) is 5.26 Å². The number of hydrogen-bond donors (Lipinski definition) is 1. The molecule has 0 aromatic carbocycles. The van der Waals surface area contributed by atoms with E-state index < -0.39 is 0 Å². The van der Waals surface area contributed by atoms with Crippen molar-refractivity contribution in [3.05, 3.63) is 0 Å². The van der Waals surface area contributed by atoms with Crippen molar-refractivity contribution >= 4 is 0 Å². The molecule has 0 aromatic heterocycles. The van der Waals surface area contributed by atoms with Crippen LogP contribution in [-0.2, 0) is 0 Å². The molecule has 0 spiro atoms. The van der Waals surface area contributed by atoms with Gasteiger partial charge in [-0.1, -0.05) is 19.3 Å². The molecule has 0 amide bonds. The molecule has 2 atom stereocenters. The van der Waals surface area contributed by atoms with E-state index in [1.165, 1.54) is 45.1 Å². The molecule has 3 nitrogen and oxygen atoms in total. The van der Waals surface area contributed by atoms with Crippen molar-refractivity contribution < 1.29 is 0 Å². The molecule has 2 aliphatic rings. The second-order valence-corrected chi connectivity index (χ2v) is 6.62. The monoisotopic (exact) mass is 263 g/mol. The fraction of sp³-hybridized carbons (Fsp3) is 0.938. The van der Waals surface area contributed by atoms with E-state index in [4.69, 9.17) is 0 Å². The number of rotatable bonds is 6. The summed E-state index contributed by atoms with van der Waals surface area (Å²) in [5.41, 5.74) is -0.242. The van der Waals surface area contributed by atoms with Crippen LogP contribution < -0.4 is 5.32 Å². The van der Waals surface area contributed by atoms with Gasteiger partial charge in [-0.3, -0.25) is 0 Å². The number of hydrogen-bond acceptors (Lipinski definition) is 3. The Balaban J connectivity index is 1.76. The molecule has 19 heavy (non-hydrogen) atoms. The fourth-order valence-electron chi connectivity index (χ4n) is 4.10. The summed E-state index contributed by atoms with van der Waals surface area (Å²) in [7, 11) is 4.20. The van der Waals surface area contributed by atoms with Gasteiger partial charge in [0.2, 0.25) is 0 Å². The fourth-order valence-corrected chi connectivity index (χ4v) is 4.10. The highest BCUT2D eigenvalue weighted by Gasteiger charge is 2.41. The molecule has 108 valence electrons. The Labute approximate surface area is 118 Å². The van der Waals surface area contributed by atoms with Crippen LogP contribution in [0.2, 0.25) is 0 Å². The van der Waals surface area contributed by atoms with Gasteiger partial charge in [0.15, 0.2) is 0 Å². The van der Waals surface area contributed by atoms with E-state index in [0.29, 0.717) is 5.92 Å². The topological polar surface area (TPSA) is 39.1 Å². The molecule has 3 heteroatoms. The lowest BCUT2D eigenvalue weighted by Gasteiger charge is -2.30.